The highest BCUT2D eigenvalue weighted by Gasteiger charge is 2.49. The van der Waals surface area contributed by atoms with Gasteiger partial charge < -0.3 is 50.1 Å². The van der Waals surface area contributed by atoms with Gasteiger partial charge in [0.25, 0.3) is 5.91 Å². The number of anilines is 1. The Bertz CT molecular complexity index is 4280. The summed E-state index contributed by atoms with van der Waals surface area (Å²) in [5.74, 6) is -4.59. The molecule has 482 valence electrons. The van der Waals surface area contributed by atoms with Crippen LogP contribution in [-0.2, 0) is 56.7 Å². The maximum Gasteiger partial charge on any atom is 0.322 e. The van der Waals surface area contributed by atoms with Gasteiger partial charge in [-0.2, -0.15) is 10.2 Å². The summed E-state index contributed by atoms with van der Waals surface area (Å²) in [4.78, 5) is 120. The van der Waals surface area contributed by atoms with Gasteiger partial charge >= 0.3 is 5.97 Å². The number of aliphatic carboxylic acids is 1. The van der Waals surface area contributed by atoms with Crippen LogP contribution in [0.4, 0.5) is 10.1 Å². The van der Waals surface area contributed by atoms with Gasteiger partial charge in [0.15, 0.2) is 5.60 Å². The Balaban J connectivity index is 0.657. The average Bonchev–Trinajstić information content (AvgIpc) is 1.72. The van der Waals surface area contributed by atoms with Gasteiger partial charge in [-0.25, -0.2) is 9.37 Å². The SMILES string of the molecule is Cn1ncc2cc(F)c(-c3cccc4c3c(C3CCN(C(=O)CC5CN(C(=O)C6CCN(C(=O)C7(Oc8ccccc8-c8nc9cccc(Cl)c9s8)CCN(C(=O)[C@H]8CC(=O)Nc9ccccc98)CC7)CC6)CCO5)CC3)nn4CC(=O)NCC(=O)NCC(=O)O)cc21. The minimum absolute atomic E-state index is 0.0130. The van der Waals surface area contributed by atoms with Gasteiger partial charge in [0.05, 0.1) is 75.3 Å². The van der Waals surface area contributed by atoms with Gasteiger partial charge in [0, 0.05) is 113 Å². The van der Waals surface area contributed by atoms with Crippen LogP contribution in [0.15, 0.2) is 103 Å². The molecule has 0 aliphatic carbocycles. The van der Waals surface area contributed by atoms with Gasteiger partial charge in [0.1, 0.15) is 29.7 Å². The number of morpholine rings is 1. The van der Waals surface area contributed by atoms with Crippen LogP contribution in [0.2, 0.25) is 5.02 Å². The van der Waals surface area contributed by atoms with E-state index in [1.807, 2.05) is 66.7 Å². The molecule has 4 saturated heterocycles. The van der Waals surface area contributed by atoms with Crippen LogP contribution in [0.3, 0.4) is 0 Å². The predicted octanol–water partition coefficient (Wildman–Crippen LogP) is 7.10. The van der Waals surface area contributed by atoms with E-state index < -0.39 is 54.3 Å². The van der Waals surface area contributed by atoms with E-state index in [2.05, 4.69) is 21.0 Å². The number of carbonyl (C=O) groups excluding carboxylic acids is 7. The van der Waals surface area contributed by atoms with Gasteiger partial charge in [-0.05, 0) is 85.3 Å². The van der Waals surface area contributed by atoms with E-state index in [1.54, 1.807) is 61.8 Å². The average molecular weight is 1300 g/mol. The number of likely N-dealkylation sites (tertiary alicyclic amines) is 3. The molecule has 4 fully saturated rings. The van der Waals surface area contributed by atoms with E-state index in [1.165, 1.54) is 22.1 Å². The molecule has 0 saturated carbocycles. The molecule has 26 heteroatoms. The zero-order chi connectivity index (χ0) is 64.7. The quantitative estimate of drug-likeness (QED) is 0.0751. The number of hydrogen-bond acceptors (Lipinski definition) is 14. The summed E-state index contributed by atoms with van der Waals surface area (Å²) >= 11 is 8.03. The Morgan fingerprint density at radius 2 is 1.52 bits per heavy atom. The normalized spacial score (nSPS) is 18.7. The van der Waals surface area contributed by atoms with Gasteiger partial charge in [-0.1, -0.05) is 60.1 Å². The summed E-state index contributed by atoms with van der Waals surface area (Å²) < 4.78 is 33.3. The van der Waals surface area contributed by atoms with Crippen molar-refractivity contribution >= 4 is 108 Å². The number of nitrogens with one attached hydrogen (secondary N) is 3. The molecule has 8 aromatic rings. The number of aromatic nitrogens is 5. The summed E-state index contributed by atoms with van der Waals surface area (Å²) in [6.07, 6.45) is 3.24. The highest BCUT2D eigenvalue weighted by atomic mass is 35.5. The third-order valence-corrected chi connectivity index (χ3v) is 20.3. The van der Waals surface area contributed by atoms with E-state index in [0.717, 1.165) is 15.8 Å². The van der Waals surface area contributed by atoms with Crippen molar-refractivity contribution in [1.82, 2.24) is 54.8 Å². The number of fused-ring (bicyclic) bond motifs is 4. The lowest BCUT2D eigenvalue weighted by molar-refractivity contribution is -0.159. The molecule has 7 amide bonds. The molecule has 0 bridgehead atoms. The Kier molecular flexibility index (Phi) is 17.7. The minimum atomic E-state index is -1.40. The first-order valence-corrected chi connectivity index (χ1v) is 32.5. The minimum Gasteiger partial charge on any atom is -0.480 e. The molecular formula is C67H68ClFN12O11S. The third-order valence-electron chi connectivity index (χ3n) is 18.7. The molecule has 3 aromatic heterocycles. The maximum absolute atomic E-state index is 16.1. The molecule has 93 heavy (non-hydrogen) atoms. The second-order valence-electron chi connectivity index (χ2n) is 24.5. The summed E-state index contributed by atoms with van der Waals surface area (Å²) in [5.41, 5.74) is 4.15. The highest BCUT2D eigenvalue weighted by molar-refractivity contribution is 7.22. The Morgan fingerprint density at radius 1 is 0.785 bits per heavy atom. The van der Waals surface area contributed by atoms with E-state index in [0.29, 0.717) is 124 Å². The van der Waals surface area contributed by atoms with Gasteiger partial charge in [-0.3, -0.25) is 47.7 Å². The van der Waals surface area contributed by atoms with E-state index in [4.69, 9.17) is 36.3 Å². The van der Waals surface area contributed by atoms with Crippen molar-refractivity contribution in [2.75, 3.05) is 77.4 Å². The van der Waals surface area contributed by atoms with Crippen molar-refractivity contribution in [1.29, 1.82) is 0 Å². The van der Waals surface area contributed by atoms with Crippen molar-refractivity contribution in [2.45, 2.75) is 81.5 Å². The number of carbonyl (C=O) groups is 8. The molecule has 5 aliphatic heterocycles. The summed E-state index contributed by atoms with van der Waals surface area (Å²) in [6.45, 7) is 1.20. The number of carboxylic acid groups (broad SMARTS) is 1. The number of para-hydroxylation sites is 2. The molecular weight excluding hydrogens is 1240 g/mol. The molecule has 23 nitrogen and oxygen atoms in total. The predicted molar refractivity (Wildman–Crippen MR) is 344 cm³/mol. The Hall–Kier alpha value is -9.33. The van der Waals surface area contributed by atoms with E-state index in [9.17, 15) is 33.6 Å². The number of carboxylic acids is 1. The molecule has 0 spiro atoms. The number of halogens is 2. The van der Waals surface area contributed by atoms with Crippen LogP contribution in [0.5, 0.6) is 5.75 Å². The molecule has 4 N–H and O–H groups in total. The number of rotatable bonds is 16. The van der Waals surface area contributed by atoms with Gasteiger partial charge in [-0.15, -0.1) is 11.3 Å². The monoisotopic (exact) mass is 1300 g/mol. The molecule has 13 rings (SSSR count). The number of ether oxygens (including phenoxy) is 2. The van der Waals surface area contributed by atoms with E-state index in [-0.39, 0.29) is 99.8 Å². The van der Waals surface area contributed by atoms with Crippen molar-refractivity contribution in [3.8, 4) is 27.4 Å². The fourth-order valence-corrected chi connectivity index (χ4v) is 15.1. The van der Waals surface area contributed by atoms with Crippen molar-refractivity contribution in [2.24, 2.45) is 13.0 Å². The van der Waals surface area contributed by atoms with Crippen LogP contribution in [0.25, 0.3) is 53.7 Å². The second kappa shape index (κ2) is 26.3. The third kappa shape index (κ3) is 12.8. The van der Waals surface area contributed by atoms with Crippen LogP contribution < -0.4 is 20.7 Å². The smallest absolute Gasteiger partial charge is 0.322 e. The summed E-state index contributed by atoms with van der Waals surface area (Å²) in [7, 11) is 1.77. The molecule has 5 aromatic carbocycles. The molecule has 1 unspecified atom stereocenters. The van der Waals surface area contributed by atoms with Crippen molar-refractivity contribution in [3.05, 3.63) is 125 Å². The first-order valence-electron chi connectivity index (χ1n) is 31.3. The fraction of sp³-hybridized carbons (Fsp3) is 0.388. The molecule has 0 radical (unpaired) electrons. The zero-order valence-corrected chi connectivity index (χ0v) is 52.6. The number of piperidine rings is 3. The Morgan fingerprint density at radius 3 is 2.30 bits per heavy atom. The van der Waals surface area contributed by atoms with Gasteiger partial charge in [0.2, 0.25) is 35.4 Å². The largest absolute Gasteiger partial charge is 0.480 e. The molecule has 8 heterocycles. The first-order chi connectivity index (χ1) is 45.0. The lowest BCUT2D eigenvalue weighted by atomic mass is 9.85. The zero-order valence-electron chi connectivity index (χ0n) is 51.0. The lowest BCUT2D eigenvalue weighted by Crippen LogP contribution is -2.60. The number of aryl methyl sites for hydroxylation is 1. The van der Waals surface area contributed by atoms with Crippen LogP contribution in [0.1, 0.15) is 74.5 Å². The van der Waals surface area contributed by atoms with Crippen molar-refractivity contribution < 1.29 is 57.3 Å². The number of hydrogen-bond donors (Lipinski definition) is 4. The summed E-state index contributed by atoms with van der Waals surface area (Å²) in [5, 5.41) is 28.4. The standard InChI is InChI=1S/C67H68ClFN12O11S/c1-76-53-32-46(49(69)30-41(53)34-72-76)44-10-6-14-52-60(44)61(75-81(52)38-57(84)70-35-56(83)71-36-59(86)87)39-16-22-77(23-17-39)58(85)31-42-37-80(28-29-91-42)64(88)40-18-24-79(25-19-40)66(90)67(92-54-15-5-3-9-45(54)63-74-51-13-7-11-48(68)62(51)93-63)20-26-78(27-21-67)65(89)47-33-55(82)73-50-12-4-2-8-43(47)50/h2-15,30,32,34,39-40,42,47H,16-29,31,33,35-38H2,1H3,(H,70,84)(H,71,83)(H,73,82)(H,86,87)/t42?,47-/m0/s1. The lowest BCUT2D eigenvalue weighted by Gasteiger charge is -2.45. The van der Waals surface area contributed by atoms with Crippen molar-refractivity contribution in [3.63, 3.8) is 0 Å². The maximum atomic E-state index is 16.1. The van der Waals surface area contributed by atoms with Crippen LogP contribution in [-0.4, -0.2) is 180 Å². The summed E-state index contributed by atoms with van der Waals surface area (Å²) in [6, 6.07) is 28.9. The highest BCUT2D eigenvalue weighted by Crippen LogP contribution is 2.44. The van der Waals surface area contributed by atoms with Crippen LogP contribution >= 0.6 is 22.9 Å². The van der Waals surface area contributed by atoms with E-state index >= 15 is 9.18 Å². The van der Waals surface area contributed by atoms with Crippen LogP contribution in [0, 0.1) is 11.7 Å². The fourth-order valence-electron chi connectivity index (χ4n) is 13.8. The first kappa shape index (κ1) is 62.5. The number of benzene rings is 5. The molecule has 2 atom stereocenters. The number of nitrogens with zero attached hydrogens (tertiary/aromatic N) is 9. The second-order valence-corrected chi connectivity index (χ2v) is 25.9. The Labute approximate surface area is 542 Å². The number of thiazole rings is 1. The topological polar surface area (TPSA) is 273 Å². The number of amides is 7. The molecule has 5 aliphatic rings.